The van der Waals surface area contributed by atoms with Crippen LogP contribution >= 0.6 is 0 Å². The number of carbonyl (C=O) groups excluding carboxylic acids is 1. The summed E-state index contributed by atoms with van der Waals surface area (Å²) in [6, 6.07) is -40.5. The normalized spacial score (nSPS) is 26.9. The van der Waals surface area contributed by atoms with Crippen LogP contribution in [0.15, 0.2) is 0 Å². The lowest BCUT2D eigenvalue weighted by molar-refractivity contribution is -0.476. The van der Waals surface area contributed by atoms with Gasteiger partial charge in [0.05, 0.1) is 0 Å². The lowest BCUT2D eigenvalue weighted by Gasteiger charge is -2.44. The standard InChI is InChI=1S/C10H3F17N2O/c1-2(30)3(11,12)5(15,16)28-6(17,18)4(13,14)7(19,20)29(10(25,26)27)9(23,24)8(28,21)22/h1H3. The van der Waals surface area contributed by atoms with Gasteiger partial charge in [0.15, 0.2) is 0 Å². The molecule has 30 heavy (non-hydrogen) atoms. The highest BCUT2D eigenvalue weighted by atomic mass is 19.4. The third-order valence-electron chi connectivity index (χ3n) is 3.60. The highest BCUT2D eigenvalue weighted by molar-refractivity contribution is 5.84. The average Bonchev–Trinajstić information content (AvgIpc) is 2.43. The molecule has 20 heteroatoms. The van der Waals surface area contributed by atoms with E-state index < -0.39 is 70.9 Å². The number of Topliss-reactive ketones (excluding diaryl/α,β-unsaturated/α-hetero) is 1. The zero-order chi connectivity index (χ0) is 24.7. The molecule has 1 aliphatic rings. The minimum atomic E-state index is -8.24. The van der Waals surface area contributed by atoms with Gasteiger partial charge in [-0.2, -0.15) is 74.6 Å². The van der Waals surface area contributed by atoms with Crippen molar-refractivity contribution in [1.29, 1.82) is 0 Å². The number of alkyl halides is 17. The van der Waals surface area contributed by atoms with Crippen LogP contribution in [0.5, 0.6) is 0 Å². The zero-order valence-corrected chi connectivity index (χ0v) is 13.2. The second kappa shape index (κ2) is 6.22. The van der Waals surface area contributed by atoms with Crippen molar-refractivity contribution in [2.24, 2.45) is 0 Å². The van der Waals surface area contributed by atoms with E-state index in [2.05, 4.69) is 0 Å². The summed E-state index contributed by atoms with van der Waals surface area (Å²) in [5.41, 5.74) is 0. The summed E-state index contributed by atoms with van der Waals surface area (Å²) >= 11 is 0. The minimum absolute atomic E-state index is 0.672. The van der Waals surface area contributed by atoms with E-state index in [0.717, 1.165) is 0 Å². The molecule has 1 saturated heterocycles. The Morgan fingerprint density at radius 3 is 1.20 bits per heavy atom. The molecule has 1 heterocycles. The Bertz CT molecular complexity index is 710. The van der Waals surface area contributed by atoms with Gasteiger partial charge in [-0.15, -0.1) is 4.90 Å². The van der Waals surface area contributed by atoms with E-state index in [1.165, 1.54) is 0 Å². The number of ketones is 1. The van der Waals surface area contributed by atoms with Crippen molar-refractivity contribution in [3.63, 3.8) is 0 Å². The van der Waals surface area contributed by atoms with Crippen molar-refractivity contribution >= 4 is 5.78 Å². The molecule has 0 unspecified atom stereocenters. The van der Waals surface area contributed by atoms with Crippen molar-refractivity contribution in [1.82, 2.24) is 9.80 Å². The van der Waals surface area contributed by atoms with Crippen molar-refractivity contribution in [2.75, 3.05) is 0 Å². The number of rotatable bonds is 3. The molecule has 178 valence electrons. The summed E-state index contributed by atoms with van der Waals surface area (Å²) in [5.74, 6) is -18.6. The molecule has 0 N–H and O–H groups in total. The van der Waals surface area contributed by atoms with Gasteiger partial charge >= 0.3 is 48.4 Å². The molecular weight excluding hydrogens is 487 g/mol. The van der Waals surface area contributed by atoms with Crippen molar-refractivity contribution in [3.8, 4) is 0 Å². The molecule has 0 aromatic heterocycles. The topological polar surface area (TPSA) is 23.6 Å². The predicted molar refractivity (Wildman–Crippen MR) is 55.0 cm³/mol. The molecule has 0 aromatic carbocycles. The van der Waals surface area contributed by atoms with Gasteiger partial charge in [-0.25, -0.2) is 0 Å². The maximum atomic E-state index is 13.7. The van der Waals surface area contributed by atoms with E-state index in [4.69, 9.17) is 0 Å². The monoisotopic (exact) mass is 490 g/mol. The number of hydrogen-bond donors (Lipinski definition) is 0. The first-order chi connectivity index (χ1) is 12.7. The van der Waals surface area contributed by atoms with E-state index in [1.807, 2.05) is 0 Å². The van der Waals surface area contributed by atoms with Crippen LogP contribution in [-0.4, -0.2) is 64.0 Å². The molecule has 1 fully saturated rings. The molecule has 1 rings (SSSR count). The Morgan fingerprint density at radius 2 is 0.900 bits per heavy atom. The average molecular weight is 490 g/mol. The van der Waals surface area contributed by atoms with Crippen molar-refractivity contribution in [3.05, 3.63) is 0 Å². The molecule has 1 aliphatic heterocycles. The van der Waals surface area contributed by atoms with Crippen LogP contribution in [0, 0.1) is 0 Å². The molecule has 0 aromatic rings. The molecular formula is C10H3F17N2O. The third-order valence-corrected chi connectivity index (χ3v) is 3.60. The van der Waals surface area contributed by atoms with Gasteiger partial charge in [0.25, 0.3) is 0 Å². The summed E-state index contributed by atoms with van der Waals surface area (Å²) in [4.78, 5) is 1.49. The van der Waals surface area contributed by atoms with E-state index >= 15 is 0 Å². The summed E-state index contributed by atoms with van der Waals surface area (Å²) in [6.45, 7) is -0.672. The molecule has 0 aliphatic carbocycles. The Hall–Kier alpha value is -1.60. The SMILES string of the molecule is CC(=O)C(F)(F)C(F)(F)N1C(F)(F)C(F)(F)N(C(F)(F)F)C(F)(F)C(F)(F)C1(F)F. The smallest absolute Gasteiger partial charge is 0.293 e. The molecule has 0 saturated carbocycles. The number of nitrogens with zero attached hydrogens (tertiary/aromatic N) is 2. The third kappa shape index (κ3) is 2.92. The second-order valence-electron chi connectivity index (χ2n) is 5.55. The minimum Gasteiger partial charge on any atom is -0.293 e. The van der Waals surface area contributed by atoms with Gasteiger partial charge in [-0.05, 0) is 0 Å². The van der Waals surface area contributed by atoms with Crippen LogP contribution in [0.25, 0.3) is 0 Å². The van der Waals surface area contributed by atoms with Crippen LogP contribution in [0.4, 0.5) is 74.6 Å². The van der Waals surface area contributed by atoms with Gasteiger partial charge in [0, 0.05) is 6.92 Å². The lowest BCUT2D eigenvalue weighted by atomic mass is 10.1. The maximum absolute atomic E-state index is 13.7. The first-order valence-corrected chi connectivity index (χ1v) is 6.51. The summed E-state index contributed by atoms with van der Waals surface area (Å²) in [5, 5.41) is 0. The van der Waals surface area contributed by atoms with E-state index in [1.54, 1.807) is 0 Å². The number of halogens is 17. The van der Waals surface area contributed by atoms with Gasteiger partial charge in [0.1, 0.15) is 0 Å². The fourth-order valence-corrected chi connectivity index (χ4v) is 2.11. The molecule has 0 amide bonds. The lowest BCUT2D eigenvalue weighted by Crippen LogP contribution is -2.74. The number of carbonyl (C=O) groups is 1. The van der Waals surface area contributed by atoms with E-state index in [-0.39, 0.29) is 0 Å². The fraction of sp³-hybridized carbons (Fsp3) is 0.900. The van der Waals surface area contributed by atoms with Crippen LogP contribution in [0.3, 0.4) is 0 Å². The molecule has 0 spiro atoms. The van der Waals surface area contributed by atoms with Crippen molar-refractivity contribution in [2.45, 2.75) is 55.3 Å². The predicted octanol–water partition coefficient (Wildman–Crippen LogP) is 4.95. The highest BCUT2D eigenvalue weighted by Crippen LogP contribution is 2.65. The van der Waals surface area contributed by atoms with Gasteiger partial charge < -0.3 is 0 Å². The summed E-state index contributed by atoms with van der Waals surface area (Å²) in [7, 11) is 0. The zero-order valence-electron chi connectivity index (χ0n) is 13.2. The first-order valence-electron chi connectivity index (χ1n) is 6.51. The van der Waals surface area contributed by atoms with Gasteiger partial charge in [0.2, 0.25) is 5.78 Å². The molecule has 3 nitrogen and oxygen atoms in total. The second-order valence-corrected chi connectivity index (χ2v) is 5.55. The maximum Gasteiger partial charge on any atom is 0.469 e. The summed E-state index contributed by atoms with van der Waals surface area (Å²) in [6.07, 6.45) is -7.75. The van der Waals surface area contributed by atoms with E-state index in [0.29, 0.717) is 0 Å². The Labute approximate surface area is 152 Å². The number of hydrogen-bond acceptors (Lipinski definition) is 3. The van der Waals surface area contributed by atoms with Crippen LogP contribution < -0.4 is 0 Å². The quantitative estimate of drug-likeness (QED) is 0.414. The fourth-order valence-electron chi connectivity index (χ4n) is 2.11. The van der Waals surface area contributed by atoms with Gasteiger partial charge in [-0.3, -0.25) is 4.79 Å². The van der Waals surface area contributed by atoms with Crippen molar-refractivity contribution < 1.29 is 79.4 Å². The van der Waals surface area contributed by atoms with Crippen LogP contribution in [0.2, 0.25) is 0 Å². The van der Waals surface area contributed by atoms with E-state index in [9.17, 15) is 79.4 Å². The Kier molecular flexibility index (Phi) is 5.48. The molecule has 0 atom stereocenters. The summed E-state index contributed by atoms with van der Waals surface area (Å²) < 4.78 is 227. The first kappa shape index (κ1) is 26.4. The Balaban J connectivity index is 4.20. The largest absolute Gasteiger partial charge is 0.469 e. The Morgan fingerprint density at radius 1 is 0.600 bits per heavy atom. The molecule has 0 radical (unpaired) electrons. The van der Waals surface area contributed by atoms with Crippen LogP contribution in [0.1, 0.15) is 6.92 Å². The van der Waals surface area contributed by atoms with Gasteiger partial charge in [-0.1, -0.05) is 4.90 Å². The molecule has 0 bridgehead atoms. The highest BCUT2D eigenvalue weighted by Gasteiger charge is 2.95. The van der Waals surface area contributed by atoms with Crippen LogP contribution in [-0.2, 0) is 4.79 Å².